The average Bonchev–Trinajstić information content (AvgIpc) is 2.30. The summed E-state index contributed by atoms with van der Waals surface area (Å²) in [7, 11) is 1.42. The Morgan fingerprint density at radius 3 is 1.62 bits per heavy atom. The van der Waals surface area contributed by atoms with Crippen LogP contribution < -0.4 is 0 Å². The summed E-state index contributed by atoms with van der Waals surface area (Å²) in [6, 6.07) is 0. The third-order valence-corrected chi connectivity index (χ3v) is 2.83. The van der Waals surface area contributed by atoms with Crippen molar-refractivity contribution in [3.63, 3.8) is 0 Å². The summed E-state index contributed by atoms with van der Waals surface area (Å²) in [6.45, 7) is 7.98. The van der Waals surface area contributed by atoms with E-state index in [9.17, 15) is 4.79 Å². The zero-order chi connectivity index (χ0) is 10.2. The first-order chi connectivity index (χ1) is 6.00. The van der Waals surface area contributed by atoms with Crippen molar-refractivity contribution in [2.24, 2.45) is 0 Å². The number of hydrogen-bond donors (Lipinski definition) is 0. The third kappa shape index (κ3) is 1.59. The Balaban J connectivity index is 2.81. The van der Waals surface area contributed by atoms with Crippen LogP contribution in [0.25, 0.3) is 0 Å². The summed E-state index contributed by atoms with van der Waals surface area (Å²) >= 11 is 0. The summed E-state index contributed by atoms with van der Waals surface area (Å²) in [5.74, 6) is 4.98. The maximum Gasteiger partial charge on any atom is 0.314 e. The van der Waals surface area contributed by atoms with Crippen LogP contribution in [0.3, 0.4) is 0 Å². The van der Waals surface area contributed by atoms with Crippen LogP contribution in [0.4, 0.5) is 0 Å². The molecule has 0 saturated heterocycles. The summed E-state index contributed by atoms with van der Waals surface area (Å²) in [5, 5.41) is 0. The van der Waals surface area contributed by atoms with Gasteiger partial charge in [-0.1, -0.05) is 27.7 Å². The van der Waals surface area contributed by atoms with E-state index < -0.39 is 0 Å². The topological polar surface area (TPSA) is 26.3 Å². The molecule has 0 amide bonds. The van der Waals surface area contributed by atoms with E-state index in [0.29, 0.717) is 0 Å². The molecule has 0 aromatic rings. The Hall–Kier alpha value is -0.530. The highest BCUT2D eigenvalue weighted by Crippen LogP contribution is 2.52. The zero-order valence-corrected chi connectivity index (χ0v) is 8.82. The Kier molecular flexibility index (Phi) is 2.99. The lowest BCUT2D eigenvalue weighted by molar-refractivity contribution is -0.137. The first kappa shape index (κ1) is 10.6. The second-order valence-electron chi connectivity index (χ2n) is 3.37. The Bertz CT molecular complexity index is 186. The van der Waals surface area contributed by atoms with Gasteiger partial charge in [-0.15, -0.1) is 0 Å². The van der Waals surface area contributed by atoms with Crippen LogP contribution in [-0.4, -0.2) is 13.1 Å². The lowest BCUT2D eigenvalue weighted by Gasteiger charge is -2.15. The van der Waals surface area contributed by atoms with Crippen molar-refractivity contribution in [1.82, 2.24) is 0 Å². The van der Waals surface area contributed by atoms with Crippen molar-refractivity contribution in [3.8, 4) is 0 Å². The van der Waals surface area contributed by atoms with Gasteiger partial charge in [0, 0.05) is 0 Å². The molecule has 71 valence electrons. The van der Waals surface area contributed by atoms with E-state index in [1.54, 1.807) is 0 Å². The predicted molar refractivity (Wildman–Crippen MR) is 50.9 cm³/mol. The summed E-state index contributed by atoms with van der Waals surface area (Å²) < 4.78 is 4.73. The molecule has 0 aromatic carbocycles. The van der Waals surface area contributed by atoms with Gasteiger partial charge in [0.25, 0.3) is 0 Å². The molecular formula is C11H15O2. The van der Waals surface area contributed by atoms with E-state index in [1.807, 2.05) is 27.7 Å². The molecule has 1 aliphatic carbocycles. The van der Waals surface area contributed by atoms with Crippen LogP contribution in [0, 0.1) is 29.6 Å². The van der Waals surface area contributed by atoms with E-state index >= 15 is 0 Å². The van der Waals surface area contributed by atoms with Crippen LogP contribution in [0.2, 0.25) is 0 Å². The van der Waals surface area contributed by atoms with Gasteiger partial charge in [-0.05, 0) is 23.7 Å². The largest absolute Gasteiger partial charge is 0.469 e. The van der Waals surface area contributed by atoms with Gasteiger partial charge in [0.1, 0.15) is 0 Å². The van der Waals surface area contributed by atoms with Crippen LogP contribution in [0.15, 0.2) is 0 Å². The highest BCUT2D eigenvalue weighted by atomic mass is 16.5. The van der Waals surface area contributed by atoms with E-state index in [4.69, 9.17) is 4.74 Å². The fourth-order valence-corrected chi connectivity index (χ4v) is 1.63. The molecule has 1 aliphatic rings. The molecule has 0 bridgehead atoms. The minimum absolute atomic E-state index is 0.230. The van der Waals surface area contributed by atoms with Gasteiger partial charge < -0.3 is 4.74 Å². The zero-order valence-electron chi connectivity index (χ0n) is 8.82. The lowest BCUT2D eigenvalue weighted by Crippen LogP contribution is -2.20. The Labute approximate surface area is 80.7 Å². The second kappa shape index (κ2) is 3.69. The van der Waals surface area contributed by atoms with Gasteiger partial charge >= 0.3 is 5.97 Å². The number of rotatable bonds is 1. The molecule has 0 aliphatic heterocycles. The first-order valence-electron chi connectivity index (χ1n) is 4.32. The molecule has 0 spiro atoms. The van der Waals surface area contributed by atoms with Crippen molar-refractivity contribution < 1.29 is 9.53 Å². The molecule has 2 nitrogen and oxygen atoms in total. The minimum Gasteiger partial charge on any atom is -0.469 e. The highest BCUT2D eigenvalue weighted by Gasteiger charge is 2.48. The normalized spacial score (nSPS) is 24.1. The lowest BCUT2D eigenvalue weighted by atomic mass is 9.89. The molecule has 0 N–H and O–H groups in total. The number of carbonyl (C=O) groups excluding carboxylic acids is 1. The fraction of sp³-hybridized carbons (Fsp3) is 0.455. The monoisotopic (exact) mass is 179 g/mol. The maximum absolute atomic E-state index is 11.4. The quantitative estimate of drug-likeness (QED) is 0.576. The first-order valence-corrected chi connectivity index (χ1v) is 4.32. The Morgan fingerprint density at radius 1 is 0.923 bits per heavy atom. The van der Waals surface area contributed by atoms with Crippen molar-refractivity contribution in [1.29, 1.82) is 0 Å². The molecule has 0 heterocycles. The summed E-state index contributed by atoms with van der Waals surface area (Å²) in [4.78, 5) is 11.4. The highest BCUT2D eigenvalue weighted by molar-refractivity contribution is 5.96. The van der Waals surface area contributed by atoms with Crippen molar-refractivity contribution in [3.05, 3.63) is 29.6 Å². The number of esters is 1. The van der Waals surface area contributed by atoms with E-state index in [1.165, 1.54) is 18.9 Å². The van der Waals surface area contributed by atoms with Crippen LogP contribution in [-0.2, 0) is 9.53 Å². The Morgan fingerprint density at radius 2 is 1.31 bits per heavy atom. The number of ether oxygens (including phenoxy) is 1. The maximum atomic E-state index is 11.4. The summed E-state index contributed by atoms with van der Waals surface area (Å²) in [6.07, 6.45) is 0. The van der Waals surface area contributed by atoms with Gasteiger partial charge in [-0.3, -0.25) is 4.79 Å². The smallest absolute Gasteiger partial charge is 0.314 e. The molecule has 2 heteroatoms. The minimum atomic E-state index is -0.230. The standard InChI is InChI=1S/C11H15O2/c1-6-7(2)9(4)10(8(6)3)11(12)13-5/h1-5H3. The molecule has 1 rings (SSSR count). The van der Waals surface area contributed by atoms with E-state index in [2.05, 4.69) is 0 Å². The molecule has 1 saturated carbocycles. The van der Waals surface area contributed by atoms with Gasteiger partial charge in [-0.2, -0.15) is 0 Å². The summed E-state index contributed by atoms with van der Waals surface area (Å²) in [5.41, 5.74) is 0. The number of hydrogen-bond acceptors (Lipinski definition) is 2. The molecule has 5 radical (unpaired) electrons. The molecule has 13 heavy (non-hydrogen) atoms. The second-order valence-corrected chi connectivity index (χ2v) is 3.37. The van der Waals surface area contributed by atoms with Gasteiger partial charge in [0.05, 0.1) is 13.0 Å². The van der Waals surface area contributed by atoms with Crippen LogP contribution in [0.1, 0.15) is 27.7 Å². The molecule has 0 unspecified atom stereocenters. The predicted octanol–water partition coefficient (Wildman–Crippen LogP) is 2.13. The van der Waals surface area contributed by atoms with Crippen LogP contribution >= 0.6 is 0 Å². The SMILES string of the molecule is COC(=O)[C]1[C](C)[C](C)[C](C)[C]1C. The van der Waals surface area contributed by atoms with Crippen molar-refractivity contribution in [2.45, 2.75) is 27.7 Å². The van der Waals surface area contributed by atoms with Crippen molar-refractivity contribution >= 4 is 5.97 Å². The van der Waals surface area contributed by atoms with Crippen LogP contribution in [0.5, 0.6) is 0 Å². The van der Waals surface area contributed by atoms with Gasteiger partial charge in [0.15, 0.2) is 0 Å². The fourth-order valence-electron chi connectivity index (χ4n) is 1.63. The molecular weight excluding hydrogens is 164 g/mol. The van der Waals surface area contributed by atoms with Crippen molar-refractivity contribution in [2.75, 3.05) is 7.11 Å². The third-order valence-electron chi connectivity index (χ3n) is 2.83. The molecule has 0 aromatic heterocycles. The van der Waals surface area contributed by atoms with Gasteiger partial charge in [0.2, 0.25) is 0 Å². The van der Waals surface area contributed by atoms with E-state index in [-0.39, 0.29) is 5.97 Å². The molecule has 0 atom stereocenters. The van der Waals surface area contributed by atoms with Gasteiger partial charge in [-0.25, -0.2) is 0 Å². The number of carbonyl (C=O) groups is 1. The molecule has 1 fully saturated rings. The number of methoxy groups -OCH3 is 1. The average molecular weight is 179 g/mol. The van der Waals surface area contributed by atoms with E-state index in [0.717, 1.165) is 17.8 Å².